The van der Waals surface area contributed by atoms with Crippen molar-refractivity contribution >= 4 is 18.1 Å². The van der Waals surface area contributed by atoms with Gasteiger partial charge in [0.2, 0.25) is 5.95 Å². The van der Waals surface area contributed by atoms with Gasteiger partial charge in [0.25, 0.3) is 5.91 Å². The number of nitrogens with zero attached hydrogens (tertiary/aromatic N) is 4. The summed E-state index contributed by atoms with van der Waals surface area (Å²) in [5.74, 6) is 0.427. The Balaban J connectivity index is 1.70. The number of aromatic nitrogens is 4. The number of nitrogens with one attached hydrogen (secondary N) is 1. The molecule has 1 saturated heterocycles. The summed E-state index contributed by atoms with van der Waals surface area (Å²) in [6.45, 7) is 5.38. The molecule has 0 spiro atoms. The molecule has 3 rings (SSSR count). The van der Waals surface area contributed by atoms with E-state index in [-0.39, 0.29) is 17.9 Å². The molecule has 2 aromatic rings. The van der Waals surface area contributed by atoms with E-state index < -0.39 is 5.95 Å². The minimum absolute atomic E-state index is 0.155. The SMILES string of the molecule is CC(C)n1c(C2CCN(C(=O)c3ccnc(F)c3)CC2)n[nH]c1=S. The number of carbonyl (C=O) groups excluding carboxylic acids is 1. The molecular weight excluding hydrogens is 329 g/mol. The summed E-state index contributed by atoms with van der Waals surface area (Å²) >= 11 is 5.30. The monoisotopic (exact) mass is 349 g/mol. The molecule has 24 heavy (non-hydrogen) atoms. The summed E-state index contributed by atoms with van der Waals surface area (Å²) < 4.78 is 15.9. The lowest BCUT2D eigenvalue weighted by molar-refractivity contribution is 0.0709. The number of H-pyrrole nitrogens is 1. The van der Waals surface area contributed by atoms with Crippen LogP contribution >= 0.6 is 12.2 Å². The Bertz CT molecular complexity index is 792. The normalized spacial score (nSPS) is 15.9. The number of hydrogen-bond acceptors (Lipinski definition) is 4. The number of amides is 1. The molecule has 1 aliphatic heterocycles. The zero-order chi connectivity index (χ0) is 17.3. The molecule has 1 fully saturated rings. The minimum atomic E-state index is -0.636. The van der Waals surface area contributed by atoms with E-state index in [2.05, 4.69) is 29.0 Å². The number of pyridine rings is 1. The third kappa shape index (κ3) is 3.24. The molecule has 0 atom stereocenters. The van der Waals surface area contributed by atoms with Crippen LogP contribution in [0.2, 0.25) is 0 Å². The summed E-state index contributed by atoms with van der Waals surface area (Å²) in [5.41, 5.74) is 0.339. The molecule has 0 aliphatic carbocycles. The Labute approximate surface area is 144 Å². The largest absolute Gasteiger partial charge is 0.339 e. The fourth-order valence-electron chi connectivity index (χ4n) is 3.16. The Kier molecular flexibility index (Phi) is 4.75. The van der Waals surface area contributed by atoms with Crippen LogP contribution in [0.4, 0.5) is 4.39 Å². The first-order chi connectivity index (χ1) is 11.5. The predicted octanol–water partition coefficient (Wildman–Crippen LogP) is 3.08. The van der Waals surface area contributed by atoms with Gasteiger partial charge in [0.15, 0.2) is 4.77 Å². The van der Waals surface area contributed by atoms with Crippen molar-refractivity contribution in [1.82, 2.24) is 24.6 Å². The molecule has 0 radical (unpaired) electrons. The van der Waals surface area contributed by atoms with E-state index in [1.807, 2.05) is 4.57 Å². The van der Waals surface area contributed by atoms with Crippen LogP contribution in [-0.2, 0) is 0 Å². The van der Waals surface area contributed by atoms with Crippen LogP contribution in [0.1, 0.15) is 54.8 Å². The van der Waals surface area contributed by atoms with E-state index in [0.717, 1.165) is 18.7 Å². The van der Waals surface area contributed by atoms with Gasteiger partial charge in [-0.25, -0.2) is 4.98 Å². The Morgan fingerprint density at radius 1 is 1.42 bits per heavy atom. The molecule has 1 amide bonds. The molecule has 0 unspecified atom stereocenters. The number of likely N-dealkylation sites (tertiary alicyclic amines) is 1. The molecule has 8 heteroatoms. The second-order valence-corrected chi connectivity index (χ2v) is 6.67. The predicted molar refractivity (Wildman–Crippen MR) is 89.9 cm³/mol. The number of carbonyl (C=O) groups is 1. The van der Waals surface area contributed by atoms with Crippen molar-refractivity contribution < 1.29 is 9.18 Å². The second kappa shape index (κ2) is 6.80. The van der Waals surface area contributed by atoms with E-state index in [1.54, 1.807) is 11.0 Å². The van der Waals surface area contributed by atoms with Crippen molar-refractivity contribution in [3.63, 3.8) is 0 Å². The third-order valence-corrected chi connectivity index (χ3v) is 4.66. The van der Waals surface area contributed by atoms with Crippen molar-refractivity contribution in [2.45, 2.75) is 38.6 Å². The molecule has 2 aromatic heterocycles. The summed E-state index contributed by atoms with van der Waals surface area (Å²) in [4.78, 5) is 17.7. The van der Waals surface area contributed by atoms with Crippen LogP contribution in [0.15, 0.2) is 18.3 Å². The zero-order valence-corrected chi connectivity index (χ0v) is 14.5. The van der Waals surface area contributed by atoms with Crippen molar-refractivity contribution in [3.05, 3.63) is 40.4 Å². The maximum Gasteiger partial charge on any atom is 0.254 e. The lowest BCUT2D eigenvalue weighted by atomic mass is 9.95. The lowest BCUT2D eigenvalue weighted by Gasteiger charge is -2.32. The van der Waals surface area contributed by atoms with Gasteiger partial charge in [-0.1, -0.05) is 0 Å². The highest BCUT2D eigenvalue weighted by molar-refractivity contribution is 7.71. The van der Waals surface area contributed by atoms with Gasteiger partial charge in [0, 0.05) is 42.9 Å². The summed E-state index contributed by atoms with van der Waals surface area (Å²) in [5, 5.41) is 7.25. The van der Waals surface area contributed by atoms with Gasteiger partial charge in [-0.3, -0.25) is 9.89 Å². The highest BCUT2D eigenvalue weighted by atomic mass is 32.1. The van der Waals surface area contributed by atoms with Gasteiger partial charge in [0.05, 0.1) is 0 Å². The number of aromatic amines is 1. The van der Waals surface area contributed by atoms with Crippen LogP contribution in [0, 0.1) is 10.7 Å². The molecule has 6 nitrogen and oxygen atoms in total. The number of hydrogen-bond donors (Lipinski definition) is 1. The molecule has 0 aromatic carbocycles. The topological polar surface area (TPSA) is 66.8 Å². The first kappa shape index (κ1) is 16.8. The lowest BCUT2D eigenvalue weighted by Crippen LogP contribution is -2.38. The van der Waals surface area contributed by atoms with E-state index in [9.17, 15) is 9.18 Å². The van der Waals surface area contributed by atoms with Gasteiger partial charge in [0.1, 0.15) is 5.82 Å². The average molecular weight is 349 g/mol. The van der Waals surface area contributed by atoms with Gasteiger partial charge in [-0.2, -0.15) is 9.49 Å². The number of piperidine rings is 1. The van der Waals surface area contributed by atoms with Crippen LogP contribution in [0.5, 0.6) is 0 Å². The fraction of sp³-hybridized carbons (Fsp3) is 0.500. The van der Waals surface area contributed by atoms with Crippen molar-refractivity contribution in [1.29, 1.82) is 0 Å². The van der Waals surface area contributed by atoms with Crippen molar-refractivity contribution in [2.24, 2.45) is 0 Å². The second-order valence-electron chi connectivity index (χ2n) is 6.28. The van der Waals surface area contributed by atoms with E-state index in [0.29, 0.717) is 23.4 Å². The van der Waals surface area contributed by atoms with Crippen LogP contribution in [-0.4, -0.2) is 43.6 Å². The summed E-state index contributed by atoms with van der Waals surface area (Å²) in [6, 6.07) is 2.96. The molecule has 0 saturated carbocycles. The number of rotatable bonds is 3. The first-order valence-corrected chi connectivity index (χ1v) is 8.46. The van der Waals surface area contributed by atoms with Crippen LogP contribution < -0.4 is 0 Å². The van der Waals surface area contributed by atoms with Crippen LogP contribution in [0.3, 0.4) is 0 Å². The van der Waals surface area contributed by atoms with E-state index >= 15 is 0 Å². The first-order valence-electron chi connectivity index (χ1n) is 8.05. The average Bonchev–Trinajstić information content (AvgIpc) is 2.96. The zero-order valence-electron chi connectivity index (χ0n) is 13.7. The molecule has 1 N–H and O–H groups in total. The summed E-state index contributed by atoms with van der Waals surface area (Å²) in [7, 11) is 0. The Morgan fingerprint density at radius 2 is 2.12 bits per heavy atom. The highest BCUT2D eigenvalue weighted by Gasteiger charge is 2.28. The smallest absolute Gasteiger partial charge is 0.254 e. The maximum atomic E-state index is 13.2. The van der Waals surface area contributed by atoms with Gasteiger partial charge in [-0.05, 0) is 45.0 Å². The quantitative estimate of drug-likeness (QED) is 0.683. The molecule has 0 bridgehead atoms. The molecular formula is C16H20FN5OS. The van der Waals surface area contributed by atoms with E-state index in [4.69, 9.17) is 12.2 Å². The van der Waals surface area contributed by atoms with Crippen molar-refractivity contribution in [2.75, 3.05) is 13.1 Å². The standard InChI is InChI=1S/C16H20FN5OS/c1-10(2)22-14(19-20-16(22)24)11-4-7-21(8-5-11)15(23)12-3-6-18-13(17)9-12/h3,6,9-11H,4-5,7-8H2,1-2H3,(H,20,24). The number of halogens is 1. The minimum Gasteiger partial charge on any atom is -0.339 e. The van der Waals surface area contributed by atoms with Gasteiger partial charge < -0.3 is 9.47 Å². The fourth-order valence-corrected chi connectivity index (χ4v) is 3.51. The Morgan fingerprint density at radius 3 is 2.75 bits per heavy atom. The Hall–Kier alpha value is -2.09. The molecule has 128 valence electrons. The maximum absolute atomic E-state index is 13.2. The third-order valence-electron chi connectivity index (χ3n) is 4.37. The van der Waals surface area contributed by atoms with Crippen LogP contribution in [0.25, 0.3) is 0 Å². The molecule has 1 aliphatic rings. The molecule has 3 heterocycles. The van der Waals surface area contributed by atoms with E-state index in [1.165, 1.54) is 12.3 Å². The van der Waals surface area contributed by atoms with Gasteiger partial charge >= 0.3 is 0 Å². The van der Waals surface area contributed by atoms with Crippen molar-refractivity contribution in [3.8, 4) is 0 Å². The summed E-state index contributed by atoms with van der Waals surface area (Å²) in [6.07, 6.45) is 2.94. The highest BCUT2D eigenvalue weighted by Crippen LogP contribution is 2.29. The van der Waals surface area contributed by atoms with Gasteiger partial charge in [-0.15, -0.1) is 0 Å².